The predicted molar refractivity (Wildman–Crippen MR) is 291 cm³/mol. The number of carbonyl (C=O) groups is 5. The molecule has 1 atom stereocenters. The standard InChI is InChI=1S/C58H58F3N9O8S/c1-56(2,3)78-54(75)49-35(17-20-44(64-49)70-25-22-32-10-8-12-36(39(32)30-70)52(73)66-55-63-40-13-6-7-15-43(40)79-55)34-11-9-14-42(47(34)58(59,60)61)77-33-28-57(29-33)23-26-69(27-24-57)31-46(72)62-41-19-16-37-48(38-18-21-45(71)65-53(38)74)67-68(4)50(37)51(41)76-5/h6-17,19-20,33,38H,18,21-31H2,1-5H3,(H,62,72)(H,63,66,73)(H,65,71,74). The minimum Gasteiger partial charge on any atom is -0.492 e. The summed E-state index contributed by atoms with van der Waals surface area (Å²) in [5, 5.41) is 14.1. The number of hydrogen-bond acceptors (Lipinski definition) is 14. The number of amides is 4. The molecule has 0 radical (unpaired) electrons. The number of hydrogen-bond donors (Lipinski definition) is 3. The molecular weight excluding hydrogens is 1040 g/mol. The molecule has 1 unspecified atom stereocenters. The molecule has 3 aliphatic heterocycles. The van der Waals surface area contributed by atoms with Gasteiger partial charge in [-0.15, -0.1) is 0 Å². The number of fused-ring (bicyclic) bond motifs is 3. The van der Waals surface area contributed by atoms with Crippen LogP contribution in [0.1, 0.15) is 108 Å². The summed E-state index contributed by atoms with van der Waals surface area (Å²) in [6, 6.07) is 23.8. The van der Waals surface area contributed by atoms with Gasteiger partial charge in [-0.1, -0.05) is 47.7 Å². The highest BCUT2D eigenvalue weighted by atomic mass is 32.1. The van der Waals surface area contributed by atoms with E-state index in [1.54, 1.807) is 56.8 Å². The second-order valence-electron chi connectivity index (χ2n) is 21.8. The summed E-state index contributed by atoms with van der Waals surface area (Å²) < 4.78 is 66.8. The molecule has 7 aromatic rings. The number of benzene rings is 4. The topological polar surface area (TPSA) is 199 Å². The number of piperidine rings is 2. The number of carbonyl (C=O) groups excluding carboxylic acids is 5. The van der Waals surface area contributed by atoms with E-state index >= 15 is 13.2 Å². The van der Waals surface area contributed by atoms with Crippen LogP contribution in [-0.2, 0) is 45.3 Å². The van der Waals surface area contributed by atoms with Gasteiger partial charge in [-0.3, -0.25) is 39.4 Å². The quantitative estimate of drug-likeness (QED) is 0.0773. The number of alkyl halides is 3. The molecule has 21 heteroatoms. The normalized spacial score (nSPS) is 17.8. The number of aromatic nitrogens is 4. The van der Waals surface area contributed by atoms with Gasteiger partial charge < -0.3 is 24.4 Å². The second-order valence-corrected chi connectivity index (χ2v) is 22.9. The maximum atomic E-state index is 15.5. The van der Waals surface area contributed by atoms with Gasteiger partial charge >= 0.3 is 12.1 Å². The Balaban J connectivity index is 0.765. The Bertz CT molecular complexity index is 3560. The molecule has 4 aliphatic rings. The lowest BCUT2D eigenvalue weighted by Gasteiger charge is -2.51. The smallest absolute Gasteiger partial charge is 0.420 e. The molecule has 2 saturated heterocycles. The number of nitrogens with one attached hydrogen (secondary N) is 3. The highest BCUT2D eigenvalue weighted by Crippen LogP contribution is 2.52. The van der Waals surface area contributed by atoms with Crippen molar-refractivity contribution in [2.24, 2.45) is 12.5 Å². The highest BCUT2D eigenvalue weighted by molar-refractivity contribution is 7.22. The van der Waals surface area contributed by atoms with Crippen LogP contribution in [0.15, 0.2) is 84.9 Å². The van der Waals surface area contributed by atoms with Gasteiger partial charge in [-0.25, -0.2) is 14.8 Å². The molecule has 0 bridgehead atoms. The molecule has 17 nitrogen and oxygen atoms in total. The van der Waals surface area contributed by atoms with Crippen LogP contribution in [0.5, 0.6) is 11.5 Å². The summed E-state index contributed by atoms with van der Waals surface area (Å²) >= 11 is 1.37. The van der Waals surface area contributed by atoms with Crippen molar-refractivity contribution in [2.75, 3.05) is 48.8 Å². The molecule has 6 heterocycles. The Kier molecular flexibility index (Phi) is 13.9. The molecule has 1 aliphatic carbocycles. The lowest BCUT2D eigenvalue weighted by molar-refractivity contribution is -0.140. The Morgan fingerprint density at radius 1 is 0.873 bits per heavy atom. The minimum atomic E-state index is -4.89. The Labute approximate surface area is 456 Å². The van der Waals surface area contributed by atoms with Gasteiger partial charge in [0.05, 0.1) is 47.3 Å². The van der Waals surface area contributed by atoms with E-state index in [0.29, 0.717) is 89.9 Å². The molecule has 3 N–H and O–H groups in total. The number of para-hydroxylation sites is 1. The zero-order valence-electron chi connectivity index (χ0n) is 44.2. The predicted octanol–water partition coefficient (Wildman–Crippen LogP) is 9.82. The van der Waals surface area contributed by atoms with Crippen LogP contribution in [0.3, 0.4) is 0 Å². The first-order valence-corrected chi connectivity index (χ1v) is 27.1. The van der Waals surface area contributed by atoms with Crippen LogP contribution >= 0.6 is 11.3 Å². The average molecular weight is 1100 g/mol. The first-order chi connectivity index (χ1) is 37.7. The number of thiazole rings is 1. The average Bonchev–Trinajstić information content (AvgIpc) is 4.19. The molecule has 410 valence electrons. The number of rotatable bonds is 12. The number of esters is 1. The van der Waals surface area contributed by atoms with Crippen molar-refractivity contribution in [2.45, 2.75) is 96.1 Å². The lowest BCUT2D eigenvalue weighted by Crippen LogP contribution is -2.52. The Hall–Kier alpha value is -7.91. The Morgan fingerprint density at radius 3 is 2.38 bits per heavy atom. The van der Waals surface area contributed by atoms with Crippen LogP contribution in [0.2, 0.25) is 0 Å². The number of pyridine rings is 1. The number of methoxy groups -OCH3 is 1. The van der Waals surface area contributed by atoms with Crippen molar-refractivity contribution < 1.29 is 51.4 Å². The molecule has 11 rings (SSSR count). The fourth-order valence-corrected chi connectivity index (χ4v) is 12.4. The summed E-state index contributed by atoms with van der Waals surface area (Å²) in [6.45, 7) is 7.01. The maximum absolute atomic E-state index is 15.5. The van der Waals surface area contributed by atoms with E-state index in [1.807, 2.05) is 46.2 Å². The van der Waals surface area contributed by atoms with Crippen molar-refractivity contribution in [3.05, 3.63) is 119 Å². The molecule has 3 fully saturated rings. The van der Waals surface area contributed by atoms with Gasteiger partial charge in [-0.2, -0.15) is 18.3 Å². The summed E-state index contributed by atoms with van der Waals surface area (Å²) in [7, 11) is 3.22. The van der Waals surface area contributed by atoms with E-state index in [1.165, 1.54) is 42.7 Å². The first kappa shape index (κ1) is 53.1. The van der Waals surface area contributed by atoms with E-state index < -0.39 is 41.2 Å². The fraction of sp³-hybridized carbons (Fsp3) is 0.379. The number of anilines is 3. The van der Waals surface area contributed by atoms with E-state index in [0.717, 1.165) is 34.2 Å². The largest absolute Gasteiger partial charge is 0.492 e. The molecular formula is C58H58F3N9O8S. The Morgan fingerprint density at radius 2 is 1.65 bits per heavy atom. The second kappa shape index (κ2) is 20.7. The first-order valence-electron chi connectivity index (χ1n) is 26.3. The zero-order valence-corrected chi connectivity index (χ0v) is 45.0. The molecule has 4 amide bonds. The van der Waals surface area contributed by atoms with Crippen molar-refractivity contribution in [3.63, 3.8) is 0 Å². The third-order valence-corrected chi connectivity index (χ3v) is 16.3. The summed E-state index contributed by atoms with van der Waals surface area (Å²) in [4.78, 5) is 79.2. The van der Waals surface area contributed by atoms with Crippen LogP contribution in [-0.4, -0.2) is 99.2 Å². The summed E-state index contributed by atoms with van der Waals surface area (Å²) in [6.07, 6.45) is -1.82. The van der Waals surface area contributed by atoms with E-state index in [-0.39, 0.29) is 65.2 Å². The van der Waals surface area contributed by atoms with Crippen LogP contribution in [0.25, 0.3) is 32.2 Å². The van der Waals surface area contributed by atoms with Crippen molar-refractivity contribution in [1.29, 1.82) is 0 Å². The van der Waals surface area contributed by atoms with E-state index in [2.05, 4.69) is 26.0 Å². The monoisotopic (exact) mass is 1100 g/mol. The maximum Gasteiger partial charge on any atom is 0.420 e. The number of halogens is 3. The number of likely N-dealkylation sites (tertiary alicyclic amines) is 1. The fourth-order valence-electron chi connectivity index (χ4n) is 11.6. The summed E-state index contributed by atoms with van der Waals surface area (Å²) in [5.74, 6) is -2.45. The van der Waals surface area contributed by atoms with Gasteiger partial charge in [0, 0.05) is 48.6 Å². The highest BCUT2D eigenvalue weighted by Gasteiger charge is 2.48. The van der Waals surface area contributed by atoms with Gasteiger partial charge in [0.25, 0.3) is 5.91 Å². The van der Waals surface area contributed by atoms with Gasteiger partial charge in [-0.05, 0) is 137 Å². The van der Waals surface area contributed by atoms with Crippen molar-refractivity contribution in [1.82, 2.24) is 30.0 Å². The van der Waals surface area contributed by atoms with Crippen LogP contribution < -0.4 is 30.3 Å². The third-order valence-electron chi connectivity index (χ3n) is 15.4. The zero-order chi connectivity index (χ0) is 55.5. The van der Waals surface area contributed by atoms with Gasteiger partial charge in [0.1, 0.15) is 28.2 Å². The van der Waals surface area contributed by atoms with E-state index in [4.69, 9.17) is 19.2 Å². The number of nitrogens with zero attached hydrogens (tertiary/aromatic N) is 6. The molecule has 3 aromatic heterocycles. The lowest BCUT2D eigenvalue weighted by atomic mass is 9.61. The molecule has 4 aromatic carbocycles. The number of imide groups is 1. The van der Waals surface area contributed by atoms with Gasteiger partial charge in [0.15, 0.2) is 16.6 Å². The SMILES string of the molecule is COc1c(NC(=O)CN2CCC3(CC2)CC(Oc2cccc(-c4ccc(N5CCc6cccc(C(=O)Nc7nc8ccccc8s7)c6C5)nc4C(=O)OC(C)(C)C)c2C(F)(F)F)C3)ccc2c(C3CCC(=O)NC3=O)nn(C)c12. The minimum absolute atomic E-state index is 0.0690. The number of ether oxygens (including phenoxy) is 3. The molecule has 1 saturated carbocycles. The third kappa shape index (κ3) is 10.7. The van der Waals surface area contributed by atoms with E-state index in [9.17, 15) is 24.0 Å². The van der Waals surface area contributed by atoms with Crippen LogP contribution in [0, 0.1) is 5.41 Å². The van der Waals surface area contributed by atoms with Gasteiger partial charge in [0.2, 0.25) is 17.7 Å². The van der Waals surface area contributed by atoms with Crippen molar-refractivity contribution in [3.8, 4) is 22.6 Å². The van der Waals surface area contributed by atoms with Crippen LogP contribution in [0.4, 0.5) is 29.8 Å². The molecule has 79 heavy (non-hydrogen) atoms. The number of aryl methyl sites for hydroxylation is 1. The molecule has 1 spiro atoms. The summed E-state index contributed by atoms with van der Waals surface area (Å²) in [5.41, 5.74) is 1.67. The van der Waals surface area contributed by atoms with Crippen molar-refractivity contribution >= 4 is 78.7 Å².